The van der Waals surface area contributed by atoms with Crippen LogP contribution in [0.15, 0.2) is 48.5 Å². The summed E-state index contributed by atoms with van der Waals surface area (Å²) in [5.74, 6) is 0.643. The van der Waals surface area contributed by atoms with Crippen LogP contribution in [0.1, 0.15) is 17.5 Å². The van der Waals surface area contributed by atoms with E-state index in [2.05, 4.69) is 34.5 Å². The van der Waals surface area contributed by atoms with Crippen LogP contribution in [-0.4, -0.2) is 45.4 Å². The van der Waals surface area contributed by atoms with E-state index in [9.17, 15) is 4.79 Å². The van der Waals surface area contributed by atoms with Gasteiger partial charge in [0.2, 0.25) is 0 Å². The Morgan fingerprint density at radius 2 is 1.93 bits per heavy atom. The van der Waals surface area contributed by atoms with Crippen LogP contribution >= 0.6 is 0 Å². The Bertz CT molecular complexity index is 725. The smallest absolute Gasteiger partial charge is 0.257 e. The Hall–Kier alpha value is -2.53. The highest BCUT2D eigenvalue weighted by Crippen LogP contribution is 2.17. The number of carbonyl (C=O) groups is 1. The lowest BCUT2D eigenvalue weighted by Crippen LogP contribution is -2.36. The fourth-order valence-corrected chi connectivity index (χ4v) is 3.12. The average molecular weight is 368 g/mol. The van der Waals surface area contributed by atoms with Gasteiger partial charge in [-0.2, -0.15) is 0 Å². The summed E-state index contributed by atoms with van der Waals surface area (Å²) in [4.78, 5) is 14.2. The van der Waals surface area contributed by atoms with Crippen molar-refractivity contribution < 1.29 is 14.3 Å². The molecule has 5 heteroatoms. The average Bonchev–Trinajstić information content (AvgIpc) is 2.71. The van der Waals surface area contributed by atoms with Crippen molar-refractivity contribution in [2.24, 2.45) is 0 Å². The number of carbonyl (C=O) groups excluding carboxylic acids is 1. The molecule has 1 fully saturated rings. The quantitative estimate of drug-likeness (QED) is 0.728. The van der Waals surface area contributed by atoms with Gasteiger partial charge in [0.1, 0.15) is 5.75 Å². The van der Waals surface area contributed by atoms with E-state index in [0.717, 1.165) is 50.5 Å². The minimum atomic E-state index is -0.0841. The third-order valence-electron chi connectivity index (χ3n) is 4.64. The van der Waals surface area contributed by atoms with Gasteiger partial charge in [0.05, 0.1) is 13.2 Å². The molecule has 1 amide bonds. The maximum atomic E-state index is 11.9. The Kier molecular flexibility index (Phi) is 7.11. The van der Waals surface area contributed by atoms with Gasteiger partial charge in [0, 0.05) is 25.3 Å². The summed E-state index contributed by atoms with van der Waals surface area (Å²) in [6, 6.07) is 16.4. The van der Waals surface area contributed by atoms with Gasteiger partial charge in [0.15, 0.2) is 6.61 Å². The lowest BCUT2D eigenvalue weighted by molar-refractivity contribution is -0.123. The first-order chi connectivity index (χ1) is 13.2. The molecule has 3 rings (SSSR count). The molecule has 1 aliphatic heterocycles. The van der Waals surface area contributed by atoms with E-state index in [-0.39, 0.29) is 12.5 Å². The zero-order chi connectivity index (χ0) is 18.9. The molecule has 1 N–H and O–H groups in total. The normalized spacial score (nSPS) is 14.0. The van der Waals surface area contributed by atoms with Crippen molar-refractivity contribution in [2.45, 2.75) is 19.8 Å². The second kappa shape index (κ2) is 9.97. The van der Waals surface area contributed by atoms with Gasteiger partial charge >= 0.3 is 0 Å². The Balaban J connectivity index is 1.33. The van der Waals surface area contributed by atoms with Crippen molar-refractivity contribution in [1.82, 2.24) is 5.32 Å². The molecular formula is C22H28N2O3. The van der Waals surface area contributed by atoms with Crippen molar-refractivity contribution in [1.29, 1.82) is 0 Å². The maximum absolute atomic E-state index is 11.9. The van der Waals surface area contributed by atoms with Gasteiger partial charge in [-0.05, 0) is 55.2 Å². The Morgan fingerprint density at radius 3 is 2.67 bits per heavy atom. The molecule has 27 heavy (non-hydrogen) atoms. The number of nitrogens with one attached hydrogen (secondary N) is 1. The summed E-state index contributed by atoms with van der Waals surface area (Å²) in [5, 5.41) is 2.91. The summed E-state index contributed by atoms with van der Waals surface area (Å²) in [5.41, 5.74) is 3.66. The largest absolute Gasteiger partial charge is 0.484 e. The zero-order valence-corrected chi connectivity index (χ0v) is 15.9. The molecular weight excluding hydrogens is 340 g/mol. The van der Waals surface area contributed by atoms with Crippen LogP contribution in [0.5, 0.6) is 5.75 Å². The number of nitrogens with zero attached hydrogens (tertiary/aromatic N) is 1. The predicted molar refractivity (Wildman–Crippen MR) is 107 cm³/mol. The maximum Gasteiger partial charge on any atom is 0.257 e. The van der Waals surface area contributed by atoms with E-state index in [1.165, 1.54) is 11.3 Å². The van der Waals surface area contributed by atoms with Crippen molar-refractivity contribution in [3.63, 3.8) is 0 Å². The van der Waals surface area contributed by atoms with Crippen LogP contribution in [0.25, 0.3) is 0 Å². The molecule has 0 saturated carbocycles. The number of hydrogen-bond donors (Lipinski definition) is 1. The number of amides is 1. The minimum Gasteiger partial charge on any atom is -0.484 e. The van der Waals surface area contributed by atoms with Gasteiger partial charge in [0.25, 0.3) is 5.91 Å². The van der Waals surface area contributed by atoms with Crippen LogP contribution in [0.4, 0.5) is 5.69 Å². The SMILES string of the molecule is Cc1cccc(OCC(=O)NCCCc2ccc(N3CCOCC3)cc2)c1. The minimum absolute atomic E-state index is 0.0533. The van der Waals surface area contributed by atoms with Crippen molar-refractivity contribution >= 4 is 11.6 Å². The van der Waals surface area contributed by atoms with Crippen molar-refractivity contribution in [3.8, 4) is 5.75 Å². The first-order valence-electron chi connectivity index (χ1n) is 9.58. The number of anilines is 1. The first kappa shape index (κ1) is 19.2. The molecule has 1 aliphatic rings. The number of rotatable bonds is 8. The summed E-state index contributed by atoms with van der Waals surface area (Å²) in [7, 11) is 0. The highest BCUT2D eigenvalue weighted by Gasteiger charge is 2.10. The lowest BCUT2D eigenvalue weighted by Gasteiger charge is -2.28. The highest BCUT2D eigenvalue weighted by atomic mass is 16.5. The van der Waals surface area contributed by atoms with Gasteiger partial charge in [-0.1, -0.05) is 24.3 Å². The predicted octanol–water partition coefficient (Wildman–Crippen LogP) is 2.96. The number of hydrogen-bond acceptors (Lipinski definition) is 4. The molecule has 2 aromatic rings. The second-order valence-electron chi connectivity index (χ2n) is 6.82. The fourth-order valence-electron chi connectivity index (χ4n) is 3.12. The van der Waals surface area contributed by atoms with Crippen LogP contribution in [0.3, 0.4) is 0 Å². The highest BCUT2D eigenvalue weighted by molar-refractivity contribution is 5.77. The number of ether oxygens (including phenoxy) is 2. The van der Waals surface area contributed by atoms with E-state index in [4.69, 9.17) is 9.47 Å². The first-order valence-corrected chi connectivity index (χ1v) is 9.58. The van der Waals surface area contributed by atoms with Crippen LogP contribution < -0.4 is 15.0 Å². The lowest BCUT2D eigenvalue weighted by atomic mass is 10.1. The molecule has 0 spiro atoms. The topological polar surface area (TPSA) is 50.8 Å². The molecule has 0 aromatic heterocycles. The molecule has 0 atom stereocenters. The van der Waals surface area contributed by atoms with Crippen LogP contribution in [0.2, 0.25) is 0 Å². The van der Waals surface area contributed by atoms with Crippen LogP contribution in [-0.2, 0) is 16.0 Å². The van der Waals surface area contributed by atoms with Crippen molar-refractivity contribution in [2.75, 3.05) is 44.4 Å². The van der Waals surface area contributed by atoms with Gasteiger partial charge < -0.3 is 19.7 Å². The molecule has 2 aromatic carbocycles. The van der Waals surface area contributed by atoms with Gasteiger partial charge in [-0.3, -0.25) is 4.79 Å². The van der Waals surface area contributed by atoms with E-state index >= 15 is 0 Å². The molecule has 0 radical (unpaired) electrons. The van der Waals surface area contributed by atoms with Crippen molar-refractivity contribution in [3.05, 3.63) is 59.7 Å². The Labute approximate surface area is 161 Å². The molecule has 5 nitrogen and oxygen atoms in total. The fraction of sp³-hybridized carbons (Fsp3) is 0.409. The van der Waals surface area contributed by atoms with Gasteiger partial charge in [-0.25, -0.2) is 0 Å². The summed E-state index contributed by atoms with van der Waals surface area (Å²) in [6.45, 7) is 6.22. The number of morpholine rings is 1. The number of aryl methyl sites for hydroxylation is 2. The van der Waals surface area contributed by atoms with E-state index in [0.29, 0.717) is 6.54 Å². The molecule has 0 unspecified atom stereocenters. The molecule has 144 valence electrons. The molecule has 0 aliphatic carbocycles. The van der Waals surface area contributed by atoms with E-state index in [1.807, 2.05) is 31.2 Å². The summed E-state index contributed by atoms with van der Waals surface area (Å²) < 4.78 is 10.9. The third-order valence-corrected chi connectivity index (χ3v) is 4.64. The van der Waals surface area contributed by atoms with E-state index in [1.54, 1.807) is 0 Å². The number of benzene rings is 2. The molecule has 0 bridgehead atoms. The monoisotopic (exact) mass is 368 g/mol. The molecule has 1 saturated heterocycles. The Morgan fingerprint density at radius 1 is 1.15 bits per heavy atom. The molecule has 1 heterocycles. The third kappa shape index (κ3) is 6.29. The second-order valence-corrected chi connectivity index (χ2v) is 6.82. The van der Waals surface area contributed by atoms with Crippen LogP contribution in [0, 0.1) is 6.92 Å². The van der Waals surface area contributed by atoms with Gasteiger partial charge in [-0.15, -0.1) is 0 Å². The summed E-state index contributed by atoms with van der Waals surface area (Å²) >= 11 is 0. The van der Waals surface area contributed by atoms with E-state index < -0.39 is 0 Å². The standard InChI is InChI=1S/C22H28N2O3/c1-18-4-2-6-21(16-18)27-17-22(25)23-11-3-5-19-7-9-20(10-8-19)24-12-14-26-15-13-24/h2,4,6-10,16H,3,5,11-15,17H2,1H3,(H,23,25). The summed E-state index contributed by atoms with van der Waals surface area (Å²) in [6.07, 6.45) is 1.86. The zero-order valence-electron chi connectivity index (χ0n) is 15.9.